The predicted octanol–water partition coefficient (Wildman–Crippen LogP) is 1.19. The summed E-state index contributed by atoms with van der Waals surface area (Å²) in [6, 6.07) is 11.3. The lowest BCUT2D eigenvalue weighted by atomic mass is 10.2. The summed E-state index contributed by atoms with van der Waals surface area (Å²) in [6.07, 6.45) is 2.48. The number of anilines is 1. The van der Waals surface area contributed by atoms with E-state index in [0.29, 0.717) is 18.2 Å². The zero-order valence-corrected chi connectivity index (χ0v) is 18.7. The summed E-state index contributed by atoms with van der Waals surface area (Å²) in [4.78, 5) is 33.9. The quantitative estimate of drug-likeness (QED) is 0.414. The third-order valence-corrected chi connectivity index (χ3v) is 5.35. The fourth-order valence-corrected chi connectivity index (χ4v) is 3.60. The first-order valence-corrected chi connectivity index (χ1v) is 10.5. The van der Waals surface area contributed by atoms with E-state index in [1.165, 1.54) is 11.6 Å². The molecule has 2 N–H and O–H groups in total. The molecule has 4 rings (SSSR count). The maximum atomic E-state index is 12.9. The summed E-state index contributed by atoms with van der Waals surface area (Å²) in [5.41, 5.74) is 1.47. The first-order valence-electron chi connectivity index (χ1n) is 10.5. The number of hydrogen-bond acceptors (Lipinski definition) is 7. The SMILES string of the molecule is Cc1cccc(OCC(O)Cn2c(NCc3cccnc3)nc3c2c(=O)n(C)c(=O)n3C)c1. The minimum Gasteiger partial charge on any atom is -0.491 e. The van der Waals surface area contributed by atoms with Crippen molar-refractivity contribution in [1.29, 1.82) is 0 Å². The molecule has 1 atom stereocenters. The molecule has 0 amide bonds. The van der Waals surface area contributed by atoms with E-state index >= 15 is 0 Å². The van der Waals surface area contributed by atoms with Crippen LogP contribution in [0, 0.1) is 6.92 Å². The number of nitrogens with one attached hydrogen (secondary N) is 1. The summed E-state index contributed by atoms with van der Waals surface area (Å²) in [6.45, 7) is 2.44. The van der Waals surface area contributed by atoms with E-state index in [9.17, 15) is 14.7 Å². The number of ether oxygens (including phenoxy) is 1. The molecule has 0 saturated heterocycles. The number of pyridine rings is 1. The van der Waals surface area contributed by atoms with Gasteiger partial charge in [0.25, 0.3) is 5.56 Å². The highest BCUT2D eigenvalue weighted by Gasteiger charge is 2.21. The molecule has 33 heavy (non-hydrogen) atoms. The van der Waals surface area contributed by atoms with Crippen molar-refractivity contribution in [2.75, 3.05) is 11.9 Å². The van der Waals surface area contributed by atoms with E-state index in [2.05, 4.69) is 15.3 Å². The van der Waals surface area contributed by atoms with Gasteiger partial charge in [0.2, 0.25) is 5.95 Å². The van der Waals surface area contributed by atoms with Crippen molar-refractivity contribution in [3.05, 3.63) is 80.8 Å². The molecule has 0 radical (unpaired) electrons. The van der Waals surface area contributed by atoms with Gasteiger partial charge in [-0.25, -0.2) is 4.79 Å². The van der Waals surface area contributed by atoms with Crippen molar-refractivity contribution in [1.82, 2.24) is 23.7 Å². The number of fused-ring (bicyclic) bond motifs is 1. The Labute approximate surface area is 189 Å². The second-order valence-corrected chi connectivity index (χ2v) is 7.92. The molecule has 0 bridgehead atoms. The van der Waals surface area contributed by atoms with Gasteiger partial charge in [-0.1, -0.05) is 18.2 Å². The number of aliphatic hydroxyl groups is 1. The average molecular weight is 450 g/mol. The van der Waals surface area contributed by atoms with Crippen LogP contribution in [0.2, 0.25) is 0 Å². The number of aryl methyl sites for hydroxylation is 2. The predicted molar refractivity (Wildman–Crippen MR) is 124 cm³/mol. The van der Waals surface area contributed by atoms with Crippen LogP contribution in [0.15, 0.2) is 58.4 Å². The van der Waals surface area contributed by atoms with Gasteiger partial charge in [-0.05, 0) is 36.2 Å². The van der Waals surface area contributed by atoms with Crippen LogP contribution >= 0.6 is 0 Å². The third kappa shape index (κ3) is 4.65. The van der Waals surface area contributed by atoms with Gasteiger partial charge in [-0.2, -0.15) is 4.98 Å². The van der Waals surface area contributed by atoms with Crippen LogP contribution in [-0.4, -0.2) is 41.5 Å². The Morgan fingerprint density at radius 1 is 1.15 bits per heavy atom. The molecule has 172 valence electrons. The first kappa shape index (κ1) is 22.3. The fourth-order valence-electron chi connectivity index (χ4n) is 3.60. The second kappa shape index (κ2) is 9.29. The average Bonchev–Trinajstić information content (AvgIpc) is 3.17. The van der Waals surface area contributed by atoms with Crippen molar-refractivity contribution >= 4 is 17.1 Å². The topological polar surface area (TPSA) is 116 Å². The monoisotopic (exact) mass is 450 g/mol. The Balaban J connectivity index is 1.66. The van der Waals surface area contributed by atoms with Crippen LogP contribution < -0.4 is 21.3 Å². The minimum atomic E-state index is -0.927. The Bertz CT molecular complexity index is 1390. The highest BCUT2D eigenvalue weighted by molar-refractivity contribution is 5.74. The van der Waals surface area contributed by atoms with Gasteiger partial charge >= 0.3 is 5.69 Å². The van der Waals surface area contributed by atoms with Gasteiger partial charge in [-0.3, -0.25) is 18.9 Å². The van der Waals surface area contributed by atoms with Gasteiger partial charge in [0.15, 0.2) is 11.2 Å². The van der Waals surface area contributed by atoms with Crippen LogP contribution in [-0.2, 0) is 27.2 Å². The molecule has 10 heteroatoms. The zero-order valence-electron chi connectivity index (χ0n) is 18.7. The van der Waals surface area contributed by atoms with Gasteiger partial charge < -0.3 is 19.7 Å². The van der Waals surface area contributed by atoms with Crippen LogP contribution in [0.5, 0.6) is 5.75 Å². The molecule has 0 saturated carbocycles. The first-order chi connectivity index (χ1) is 15.8. The van der Waals surface area contributed by atoms with Gasteiger partial charge in [0, 0.05) is 33.0 Å². The molecular formula is C23H26N6O4. The largest absolute Gasteiger partial charge is 0.491 e. The van der Waals surface area contributed by atoms with E-state index < -0.39 is 17.4 Å². The van der Waals surface area contributed by atoms with Crippen molar-refractivity contribution in [3.8, 4) is 5.75 Å². The number of nitrogens with zero attached hydrogens (tertiary/aromatic N) is 5. The Kier molecular flexibility index (Phi) is 6.27. The standard InChI is InChI=1S/C23H26N6O4/c1-15-6-4-8-18(10-15)33-14-17(30)13-29-19-20(27(2)23(32)28(3)21(19)31)26-22(29)25-12-16-7-5-9-24-11-16/h4-11,17,30H,12-14H2,1-3H3,(H,25,26). The summed E-state index contributed by atoms with van der Waals surface area (Å²) in [5, 5.41) is 13.9. The van der Waals surface area contributed by atoms with Crippen molar-refractivity contribution < 1.29 is 9.84 Å². The van der Waals surface area contributed by atoms with E-state index in [1.807, 2.05) is 43.3 Å². The number of rotatable bonds is 8. The van der Waals surface area contributed by atoms with E-state index in [0.717, 1.165) is 15.7 Å². The smallest absolute Gasteiger partial charge is 0.332 e. The van der Waals surface area contributed by atoms with Crippen LogP contribution in [0.25, 0.3) is 11.2 Å². The number of hydrogen-bond donors (Lipinski definition) is 2. The highest BCUT2D eigenvalue weighted by Crippen LogP contribution is 2.18. The molecule has 0 spiro atoms. The fraction of sp³-hybridized carbons (Fsp3) is 0.304. The molecule has 0 aliphatic rings. The van der Waals surface area contributed by atoms with E-state index in [1.54, 1.807) is 24.0 Å². The lowest BCUT2D eigenvalue weighted by molar-refractivity contribution is 0.0938. The second-order valence-electron chi connectivity index (χ2n) is 7.92. The molecule has 10 nitrogen and oxygen atoms in total. The summed E-state index contributed by atoms with van der Waals surface area (Å²) >= 11 is 0. The maximum absolute atomic E-state index is 12.9. The normalized spacial score (nSPS) is 12.1. The lowest BCUT2D eigenvalue weighted by Gasteiger charge is -2.16. The maximum Gasteiger partial charge on any atom is 0.332 e. The molecule has 0 aliphatic heterocycles. The highest BCUT2D eigenvalue weighted by atomic mass is 16.5. The van der Waals surface area contributed by atoms with E-state index in [-0.39, 0.29) is 24.3 Å². The zero-order chi connectivity index (χ0) is 23.5. The van der Waals surface area contributed by atoms with Crippen LogP contribution in [0.4, 0.5) is 5.95 Å². The van der Waals surface area contributed by atoms with Crippen molar-refractivity contribution in [2.45, 2.75) is 26.1 Å². The van der Waals surface area contributed by atoms with E-state index in [4.69, 9.17) is 4.74 Å². The number of aliphatic hydroxyl groups excluding tert-OH is 1. The van der Waals surface area contributed by atoms with Crippen LogP contribution in [0.1, 0.15) is 11.1 Å². The van der Waals surface area contributed by atoms with Gasteiger partial charge in [-0.15, -0.1) is 0 Å². The minimum absolute atomic E-state index is 0.0251. The molecule has 3 heterocycles. The molecule has 1 aromatic carbocycles. The van der Waals surface area contributed by atoms with Crippen molar-refractivity contribution in [2.24, 2.45) is 14.1 Å². The number of aromatic nitrogens is 5. The number of benzene rings is 1. The Hall–Kier alpha value is -3.92. The van der Waals surface area contributed by atoms with Crippen LogP contribution in [0.3, 0.4) is 0 Å². The van der Waals surface area contributed by atoms with Crippen molar-refractivity contribution in [3.63, 3.8) is 0 Å². The molecule has 0 aliphatic carbocycles. The molecule has 3 aromatic heterocycles. The molecule has 4 aromatic rings. The van der Waals surface area contributed by atoms with Gasteiger partial charge in [0.05, 0.1) is 6.54 Å². The summed E-state index contributed by atoms with van der Waals surface area (Å²) in [5.74, 6) is 1.01. The molecule has 0 fully saturated rings. The molecular weight excluding hydrogens is 424 g/mol. The summed E-state index contributed by atoms with van der Waals surface area (Å²) < 4.78 is 9.67. The van der Waals surface area contributed by atoms with Gasteiger partial charge in [0.1, 0.15) is 18.5 Å². The summed E-state index contributed by atoms with van der Waals surface area (Å²) in [7, 11) is 2.98. The Morgan fingerprint density at radius 2 is 1.97 bits per heavy atom. The number of imidazole rings is 1. The third-order valence-electron chi connectivity index (χ3n) is 5.35. The Morgan fingerprint density at radius 3 is 2.70 bits per heavy atom. The molecule has 1 unspecified atom stereocenters. The lowest BCUT2D eigenvalue weighted by Crippen LogP contribution is -2.38.